The van der Waals surface area contributed by atoms with Crippen LogP contribution in [0.3, 0.4) is 0 Å². The predicted molar refractivity (Wildman–Crippen MR) is 86.4 cm³/mol. The van der Waals surface area contributed by atoms with Crippen LogP contribution in [0.1, 0.15) is 18.4 Å². The average Bonchev–Trinajstić information content (AvgIpc) is 3.20. The van der Waals surface area contributed by atoms with Crippen LogP contribution >= 0.6 is 0 Å². The molecule has 2 amide bonds. The Morgan fingerprint density at radius 2 is 1.67 bits per heavy atom. The molecule has 6 nitrogen and oxygen atoms in total. The first-order chi connectivity index (χ1) is 11.6. The molecule has 126 valence electrons. The maximum absolute atomic E-state index is 12.3. The molecule has 1 aromatic rings. The van der Waals surface area contributed by atoms with Gasteiger partial charge in [-0.2, -0.15) is 0 Å². The summed E-state index contributed by atoms with van der Waals surface area (Å²) in [5, 5.41) is 9.34. The molecule has 0 aromatic heterocycles. The van der Waals surface area contributed by atoms with E-state index in [0.717, 1.165) is 5.56 Å². The lowest BCUT2D eigenvalue weighted by Gasteiger charge is -2.23. The van der Waals surface area contributed by atoms with Crippen LogP contribution in [-0.4, -0.2) is 22.9 Å². The third-order valence-electron chi connectivity index (χ3n) is 4.86. The maximum Gasteiger partial charge on any atom is 0.307 e. The fourth-order valence-electron chi connectivity index (χ4n) is 3.70. The first kappa shape index (κ1) is 16.2. The molecule has 0 unspecified atom stereocenters. The van der Waals surface area contributed by atoms with Gasteiger partial charge in [0, 0.05) is 6.42 Å². The highest BCUT2D eigenvalue weighted by molar-refractivity contribution is 5.88. The van der Waals surface area contributed by atoms with Crippen LogP contribution in [0.15, 0.2) is 42.5 Å². The van der Waals surface area contributed by atoms with Crippen molar-refractivity contribution in [3.63, 3.8) is 0 Å². The van der Waals surface area contributed by atoms with Gasteiger partial charge in [0.1, 0.15) is 0 Å². The van der Waals surface area contributed by atoms with Gasteiger partial charge in [-0.05, 0) is 30.2 Å². The van der Waals surface area contributed by atoms with Crippen LogP contribution in [0.5, 0.6) is 0 Å². The van der Waals surface area contributed by atoms with Gasteiger partial charge in [-0.15, -0.1) is 0 Å². The lowest BCUT2D eigenvalue weighted by Crippen LogP contribution is -2.48. The molecule has 1 aromatic carbocycles. The summed E-state index contributed by atoms with van der Waals surface area (Å²) in [6.07, 6.45) is 5.31. The monoisotopic (exact) mass is 328 g/mol. The predicted octanol–water partition coefficient (Wildman–Crippen LogP) is 1.29. The second-order valence-corrected chi connectivity index (χ2v) is 6.36. The van der Waals surface area contributed by atoms with Gasteiger partial charge in [-0.25, -0.2) is 0 Å². The van der Waals surface area contributed by atoms with Crippen molar-refractivity contribution in [2.45, 2.75) is 19.3 Å². The number of hydrazine groups is 1. The minimum Gasteiger partial charge on any atom is -0.481 e. The second-order valence-electron chi connectivity index (χ2n) is 6.36. The highest BCUT2D eigenvalue weighted by atomic mass is 16.4. The molecule has 1 fully saturated rings. The normalized spacial score (nSPS) is 27.0. The summed E-state index contributed by atoms with van der Waals surface area (Å²) in [5.41, 5.74) is 5.83. The molecule has 24 heavy (non-hydrogen) atoms. The van der Waals surface area contributed by atoms with Crippen LogP contribution in [0.4, 0.5) is 0 Å². The Hall–Kier alpha value is -2.63. The number of rotatable bonds is 5. The van der Waals surface area contributed by atoms with Crippen molar-refractivity contribution in [1.82, 2.24) is 10.9 Å². The number of allylic oxidation sites excluding steroid dienone is 2. The van der Waals surface area contributed by atoms with Gasteiger partial charge >= 0.3 is 5.97 Å². The summed E-state index contributed by atoms with van der Waals surface area (Å²) in [7, 11) is 0. The summed E-state index contributed by atoms with van der Waals surface area (Å²) in [4.78, 5) is 35.6. The number of hydrogen-bond acceptors (Lipinski definition) is 3. The van der Waals surface area contributed by atoms with E-state index >= 15 is 0 Å². The molecule has 2 aliphatic carbocycles. The van der Waals surface area contributed by atoms with E-state index in [1.165, 1.54) is 0 Å². The van der Waals surface area contributed by atoms with E-state index in [0.29, 0.717) is 12.8 Å². The molecule has 6 heteroatoms. The van der Waals surface area contributed by atoms with E-state index in [9.17, 15) is 19.5 Å². The number of fused-ring (bicyclic) bond motifs is 2. The molecule has 3 N–H and O–H groups in total. The van der Waals surface area contributed by atoms with Crippen molar-refractivity contribution < 1.29 is 19.5 Å². The van der Waals surface area contributed by atoms with Gasteiger partial charge in [0.05, 0.1) is 11.8 Å². The Bertz CT molecular complexity index is 671. The third kappa shape index (κ3) is 3.32. The molecule has 0 heterocycles. The molecule has 1 saturated carbocycles. The number of hydrogen-bond donors (Lipinski definition) is 3. The average molecular weight is 328 g/mol. The Balaban J connectivity index is 1.49. The standard InChI is InChI=1S/C18H20N2O4/c21-14(9-6-11-4-2-1-3-5-11)19-20-17(22)15-12-7-8-13(10-12)16(15)18(23)24/h1-5,7-8,12-13,15-16H,6,9-10H2,(H,19,21)(H,20,22)(H,23,24)/t12-,13-,15-,16+/m0/s1. The van der Waals surface area contributed by atoms with Crippen LogP contribution in [0, 0.1) is 23.7 Å². The van der Waals surface area contributed by atoms with Crippen molar-refractivity contribution in [1.29, 1.82) is 0 Å². The Morgan fingerprint density at radius 3 is 2.33 bits per heavy atom. The van der Waals surface area contributed by atoms with Gasteiger partial charge in [0.15, 0.2) is 0 Å². The number of amides is 2. The van der Waals surface area contributed by atoms with Crippen molar-refractivity contribution in [3.05, 3.63) is 48.0 Å². The summed E-state index contributed by atoms with van der Waals surface area (Å²) in [5.74, 6) is -3.14. The first-order valence-electron chi connectivity index (χ1n) is 8.10. The van der Waals surface area contributed by atoms with Crippen molar-refractivity contribution >= 4 is 17.8 Å². The van der Waals surface area contributed by atoms with Gasteiger partial charge < -0.3 is 5.11 Å². The Morgan fingerprint density at radius 1 is 1.00 bits per heavy atom. The summed E-state index contributed by atoms with van der Waals surface area (Å²) < 4.78 is 0. The molecule has 0 radical (unpaired) electrons. The van der Waals surface area contributed by atoms with Crippen molar-refractivity contribution in [3.8, 4) is 0 Å². The maximum atomic E-state index is 12.3. The zero-order valence-corrected chi connectivity index (χ0v) is 13.1. The zero-order chi connectivity index (χ0) is 17.1. The molecular formula is C18H20N2O4. The Labute approximate surface area is 139 Å². The van der Waals surface area contributed by atoms with Gasteiger partial charge in [-0.3, -0.25) is 25.2 Å². The van der Waals surface area contributed by atoms with Gasteiger partial charge in [-0.1, -0.05) is 42.5 Å². The fraction of sp³-hybridized carbons (Fsp3) is 0.389. The summed E-state index contributed by atoms with van der Waals surface area (Å²) in [6, 6.07) is 9.59. The molecule has 2 bridgehead atoms. The molecule has 4 atom stereocenters. The Kier molecular flexibility index (Phi) is 4.64. The summed E-state index contributed by atoms with van der Waals surface area (Å²) in [6.45, 7) is 0. The molecule has 2 aliphatic rings. The molecule has 0 saturated heterocycles. The minimum atomic E-state index is -0.956. The fourth-order valence-corrected chi connectivity index (χ4v) is 3.70. The van der Waals surface area contributed by atoms with Crippen molar-refractivity contribution in [2.24, 2.45) is 23.7 Å². The molecule has 0 aliphatic heterocycles. The lowest BCUT2D eigenvalue weighted by molar-refractivity contribution is -0.148. The smallest absolute Gasteiger partial charge is 0.307 e. The first-order valence-corrected chi connectivity index (χ1v) is 8.10. The zero-order valence-electron chi connectivity index (χ0n) is 13.1. The van der Waals surface area contributed by atoms with Crippen LogP contribution in [-0.2, 0) is 20.8 Å². The van der Waals surface area contributed by atoms with E-state index in [2.05, 4.69) is 10.9 Å². The second kappa shape index (κ2) is 6.86. The highest BCUT2D eigenvalue weighted by Gasteiger charge is 2.51. The molecular weight excluding hydrogens is 308 g/mol. The number of carboxylic acids is 1. The largest absolute Gasteiger partial charge is 0.481 e. The van der Waals surface area contributed by atoms with Crippen LogP contribution < -0.4 is 10.9 Å². The number of aliphatic carboxylic acids is 1. The number of aryl methyl sites for hydroxylation is 1. The van der Waals surface area contributed by atoms with Crippen LogP contribution in [0.2, 0.25) is 0 Å². The summed E-state index contributed by atoms with van der Waals surface area (Å²) >= 11 is 0. The van der Waals surface area contributed by atoms with Crippen LogP contribution in [0.25, 0.3) is 0 Å². The number of carbonyl (C=O) groups is 3. The lowest BCUT2D eigenvalue weighted by atomic mass is 9.82. The number of benzene rings is 1. The van der Waals surface area contributed by atoms with E-state index < -0.39 is 23.7 Å². The SMILES string of the molecule is O=C(CCc1ccccc1)NNC(=O)[C@@H]1[C@H](C(=O)O)[C@H]2C=C[C@H]1C2. The van der Waals surface area contributed by atoms with E-state index in [1.807, 2.05) is 42.5 Å². The van der Waals surface area contributed by atoms with Crippen molar-refractivity contribution in [2.75, 3.05) is 0 Å². The van der Waals surface area contributed by atoms with Gasteiger partial charge in [0.25, 0.3) is 0 Å². The van der Waals surface area contributed by atoms with Gasteiger partial charge in [0.2, 0.25) is 11.8 Å². The number of carboxylic acid groups (broad SMARTS) is 1. The topological polar surface area (TPSA) is 95.5 Å². The number of carbonyl (C=O) groups excluding carboxylic acids is 2. The molecule has 3 rings (SSSR count). The molecule has 0 spiro atoms. The van der Waals surface area contributed by atoms with E-state index in [1.54, 1.807) is 0 Å². The number of nitrogens with one attached hydrogen (secondary N) is 2. The highest BCUT2D eigenvalue weighted by Crippen LogP contribution is 2.48. The quantitative estimate of drug-likeness (QED) is 0.560. The van der Waals surface area contributed by atoms with E-state index in [-0.39, 0.29) is 24.2 Å². The van der Waals surface area contributed by atoms with E-state index in [4.69, 9.17) is 0 Å². The minimum absolute atomic E-state index is 0.0580. The third-order valence-corrected chi connectivity index (χ3v) is 4.86.